The summed E-state index contributed by atoms with van der Waals surface area (Å²) in [6.07, 6.45) is 7.60. The first kappa shape index (κ1) is 21.4. The average molecular weight is 460 g/mol. The SMILES string of the molecule is O=C1CC=Cc2cc(-c3nc(-c4ccccc4)c4ccc(C(=O)N5CCCCC5)cc4n3)ccc21. The van der Waals surface area contributed by atoms with Gasteiger partial charge in [0.15, 0.2) is 11.6 Å². The lowest BCUT2D eigenvalue weighted by Gasteiger charge is -2.26. The Morgan fingerprint density at radius 2 is 1.66 bits per heavy atom. The first-order valence-electron chi connectivity index (χ1n) is 12.2. The summed E-state index contributed by atoms with van der Waals surface area (Å²) in [7, 11) is 0. The lowest BCUT2D eigenvalue weighted by atomic mass is 9.94. The molecule has 1 fully saturated rings. The predicted molar refractivity (Wildman–Crippen MR) is 138 cm³/mol. The van der Waals surface area contributed by atoms with Crippen LogP contribution >= 0.6 is 0 Å². The summed E-state index contributed by atoms with van der Waals surface area (Å²) in [4.78, 5) is 37.2. The molecule has 0 unspecified atom stereocenters. The van der Waals surface area contributed by atoms with Gasteiger partial charge in [-0.3, -0.25) is 9.59 Å². The fourth-order valence-corrected chi connectivity index (χ4v) is 4.98. The number of nitrogens with zero attached hydrogens (tertiary/aromatic N) is 3. The van der Waals surface area contributed by atoms with Gasteiger partial charge in [0.05, 0.1) is 11.2 Å². The molecule has 1 aliphatic carbocycles. The van der Waals surface area contributed by atoms with Crippen LogP contribution in [0.2, 0.25) is 0 Å². The molecule has 1 aliphatic heterocycles. The van der Waals surface area contributed by atoms with Crippen LogP contribution in [0, 0.1) is 0 Å². The molecule has 0 radical (unpaired) electrons. The van der Waals surface area contributed by atoms with Gasteiger partial charge < -0.3 is 4.90 Å². The number of carbonyl (C=O) groups is 2. The van der Waals surface area contributed by atoms with E-state index in [0.717, 1.165) is 64.8 Å². The first-order chi connectivity index (χ1) is 17.2. The largest absolute Gasteiger partial charge is 0.339 e. The minimum Gasteiger partial charge on any atom is -0.339 e. The Morgan fingerprint density at radius 3 is 2.49 bits per heavy atom. The predicted octanol–water partition coefficient (Wildman–Crippen LogP) is 6.19. The van der Waals surface area contributed by atoms with E-state index in [1.54, 1.807) is 0 Å². The maximum atomic E-state index is 13.2. The van der Waals surface area contributed by atoms with Gasteiger partial charge in [-0.05, 0) is 49.1 Å². The van der Waals surface area contributed by atoms with Crippen molar-refractivity contribution in [2.75, 3.05) is 13.1 Å². The summed E-state index contributed by atoms with van der Waals surface area (Å²) < 4.78 is 0. The maximum absolute atomic E-state index is 13.2. The third kappa shape index (κ3) is 4.03. The van der Waals surface area contributed by atoms with Gasteiger partial charge >= 0.3 is 0 Å². The van der Waals surface area contributed by atoms with E-state index in [2.05, 4.69) is 0 Å². The number of allylic oxidation sites excluding steroid dienone is 1. The van der Waals surface area contributed by atoms with E-state index in [4.69, 9.17) is 9.97 Å². The van der Waals surface area contributed by atoms with Crippen molar-refractivity contribution in [3.63, 3.8) is 0 Å². The summed E-state index contributed by atoms with van der Waals surface area (Å²) in [6.45, 7) is 1.62. The van der Waals surface area contributed by atoms with Crippen molar-refractivity contribution >= 4 is 28.7 Å². The van der Waals surface area contributed by atoms with E-state index >= 15 is 0 Å². The molecule has 172 valence electrons. The molecular formula is C30H25N3O2. The number of hydrogen-bond acceptors (Lipinski definition) is 4. The van der Waals surface area contributed by atoms with Gasteiger partial charge in [-0.25, -0.2) is 9.97 Å². The highest BCUT2D eigenvalue weighted by Gasteiger charge is 2.20. The van der Waals surface area contributed by atoms with Crippen LogP contribution in [-0.2, 0) is 0 Å². The van der Waals surface area contributed by atoms with Crippen molar-refractivity contribution in [1.82, 2.24) is 14.9 Å². The standard InChI is InChI=1S/C30H25N3O2/c34-27-11-7-10-21-18-22(12-14-24(21)27)29-31-26-19-23(30(35)33-16-5-2-6-17-33)13-15-25(26)28(32-29)20-8-3-1-4-9-20/h1,3-4,7-10,12-15,18-19H,2,5-6,11,16-17H2. The fraction of sp³-hybridized carbons (Fsp3) is 0.200. The quantitative estimate of drug-likeness (QED) is 0.366. The Labute approximate surface area is 204 Å². The number of fused-ring (bicyclic) bond motifs is 2. The van der Waals surface area contributed by atoms with Gasteiger partial charge in [0, 0.05) is 47.2 Å². The van der Waals surface area contributed by atoms with Crippen LogP contribution in [0.4, 0.5) is 0 Å². The Hall–Kier alpha value is -4.12. The number of rotatable bonds is 3. The van der Waals surface area contributed by atoms with Gasteiger partial charge in [0.25, 0.3) is 5.91 Å². The lowest BCUT2D eigenvalue weighted by molar-refractivity contribution is 0.0724. The smallest absolute Gasteiger partial charge is 0.253 e. The van der Waals surface area contributed by atoms with Crippen LogP contribution in [0.1, 0.15) is 52.0 Å². The lowest BCUT2D eigenvalue weighted by Crippen LogP contribution is -2.35. The van der Waals surface area contributed by atoms with Crippen LogP contribution < -0.4 is 0 Å². The maximum Gasteiger partial charge on any atom is 0.253 e. The molecule has 2 heterocycles. The van der Waals surface area contributed by atoms with Gasteiger partial charge in [-0.2, -0.15) is 0 Å². The summed E-state index contributed by atoms with van der Waals surface area (Å²) in [6, 6.07) is 21.5. The van der Waals surface area contributed by atoms with E-state index in [9.17, 15) is 9.59 Å². The topological polar surface area (TPSA) is 63.2 Å². The third-order valence-electron chi connectivity index (χ3n) is 6.85. The zero-order valence-electron chi connectivity index (χ0n) is 19.4. The molecule has 0 atom stereocenters. The minimum atomic E-state index is 0.0606. The molecule has 1 saturated heterocycles. The number of benzene rings is 3. The Morgan fingerprint density at radius 1 is 0.829 bits per heavy atom. The molecule has 3 aromatic carbocycles. The van der Waals surface area contributed by atoms with Gasteiger partial charge in [-0.15, -0.1) is 0 Å². The summed E-state index contributed by atoms with van der Waals surface area (Å²) in [5.41, 5.74) is 5.67. The number of Topliss-reactive ketones (excluding diaryl/α,β-unsaturated/α-hetero) is 1. The Bertz CT molecular complexity index is 1480. The zero-order chi connectivity index (χ0) is 23.8. The monoisotopic (exact) mass is 459 g/mol. The highest BCUT2D eigenvalue weighted by atomic mass is 16.2. The number of aromatic nitrogens is 2. The third-order valence-corrected chi connectivity index (χ3v) is 6.85. The first-order valence-corrected chi connectivity index (χ1v) is 12.2. The molecule has 35 heavy (non-hydrogen) atoms. The molecule has 1 aromatic heterocycles. The van der Waals surface area contributed by atoms with Crippen LogP contribution in [0.15, 0.2) is 72.8 Å². The molecule has 5 heteroatoms. The molecule has 5 nitrogen and oxygen atoms in total. The minimum absolute atomic E-state index is 0.0606. The van der Waals surface area contributed by atoms with Crippen LogP contribution in [0.3, 0.4) is 0 Å². The Kier molecular flexibility index (Phi) is 5.45. The normalized spacial score (nSPS) is 15.3. The Balaban J connectivity index is 1.50. The second-order valence-corrected chi connectivity index (χ2v) is 9.18. The second-order valence-electron chi connectivity index (χ2n) is 9.18. The van der Waals surface area contributed by atoms with Crippen LogP contribution in [-0.4, -0.2) is 39.6 Å². The number of ketones is 1. The number of carbonyl (C=O) groups excluding carboxylic acids is 2. The second kappa shape index (κ2) is 8.91. The van der Waals surface area contributed by atoms with Gasteiger partial charge in [0.1, 0.15) is 0 Å². The van der Waals surface area contributed by atoms with E-state index in [0.29, 0.717) is 17.8 Å². The number of hydrogen-bond donors (Lipinski definition) is 0. The van der Waals surface area contributed by atoms with Crippen molar-refractivity contribution in [1.29, 1.82) is 0 Å². The van der Waals surface area contributed by atoms with Crippen molar-refractivity contribution < 1.29 is 9.59 Å². The van der Waals surface area contributed by atoms with E-state index in [1.807, 2.05) is 83.8 Å². The van der Waals surface area contributed by atoms with Gasteiger partial charge in [0.2, 0.25) is 0 Å². The molecule has 0 N–H and O–H groups in total. The summed E-state index contributed by atoms with van der Waals surface area (Å²) in [5, 5.41) is 0.906. The average Bonchev–Trinajstić information content (AvgIpc) is 2.92. The molecule has 4 aromatic rings. The molecule has 0 bridgehead atoms. The highest BCUT2D eigenvalue weighted by molar-refractivity contribution is 6.04. The van der Waals surface area contributed by atoms with Crippen molar-refractivity contribution in [3.05, 3.63) is 89.5 Å². The fourth-order valence-electron chi connectivity index (χ4n) is 4.98. The van der Waals surface area contributed by atoms with E-state index in [1.165, 1.54) is 6.42 Å². The molecule has 6 rings (SSSR count). The summed E-state index contributed by atoms with van der Waals surface area (Å²) in [5.74, 6) is 0.762. The van der Waals surface area contributed by atoms with Crippen LogP contribution in [0.25, 0.3) is 39.6 Å². The highest BCUT2D eigenvalue weighted by Crippen LogP contribution is 2.31. The molecule has 1 amide bonds. The number of piperidine rings is 1. The van der Waals surface area contributed by atoms with Crippen molar-refractivity contribution in [2.24, 2.45) is 0 Å². The summed E-state index contributed by atoms with van der Waals surface area (Å²) >= 11 is 0. The van der Waals surface area contributed by atoms with Crippen LogP contribution in [0.5, 0.6) is 0 Å². The van der Waals surface area contributed by atoms with Crippen molar-refractivity contribution in [3.8, 4) is 22.6 Å². The number of amides is 1. The molecule has 0 saturated carbocycles. The number of likely N-dealkylation sites (tertiary alicyclic amines) is 1. The zero-order valence-corrected chi connectivity index (χ0v) is 19.4. The molecule has 0 spiro atoms. The van der Waals surface area contributed by atoms with Gasteiger partial charge in [-0.1, -0.05) is 54.6 Å². The van der Waals surface area contributed by atoms with E-state index < -0.39 is 0 Å². The van der Waals surface area contributed by atoms with E-state index in [-0.39, 0.29) is 11.7 Å². The van der Waals surface area contributed by atoms with Crippen molar-refractivity contribution in [2.45, 2.75) is 25.7 Å². The molecule has 2 aliphatic rings. The molecular weight excluding hydrogens is 434 g/mol.